The summed E-state index contributed by atoms with van der Waals surface area (Å²) in [6, 6.07) is 2.77. The van der Waals surface area contributed by atoms with Gasteiger partial charge in [-0.1, -0.05) is 0 Å². The molecule has 1 saturated carbocycles. The third-order valence-electron chi connectivity index (χ3n) is 3.87. The molecule has 0 amide bonds. The van der Waals surface area contributed by atoms with E-state index in [2.05, 4.69) is 18.3 Å². The number of aliphatic hydroxyl groups excluding tert-OH is 1. The van der Waals surface area contributed by atoms with Gasteiger partial charge >= 0.3 is 0 Å². The summed E-state index contributed by atoms with van der Waals surface area (Å²) >= 11 is 1.96. The number of rotatable bonds is 4. The minimum atomic E-state index is 0.0495. The largest absolute Gasteiger partial charge is 0.394 e. The molecule has 0 aliphatic heterocycles. The van der Waals surface area contributed by atoms with E-state index < -0.39 is 0 Å². The number of thiophene rings is 1. The first-order chi connectivity index (χ1) is 7.72. The molecule has 2 nitrogen and oxygen atoms in total. The topological polar surface area (TPSA) is 32.3 Å². The van der Waals surface area contributed by atoms with Gasteiger partial charge in [-0.25, -0.2) is 0 Å². The Bertz CT molecular complexity index is 373. The molecule has 2 aliphatic carbocycles. The van der Waals surface area contributed by atoms with Gasteiger partial charge in [0.05, 0.1) is 6.61 Å². The summed E-state index contributed by atoms with van der Waals surface area (Å²) in [4.78, 5) is 3.04. The predicted octanol–water partition coefficient (Wildman–Crippen LogP) is 2.41. The number of nitrogens with one attached hydrogen (secondary N) is 1. The Hall–Kier alpha value is -0.380. The molecule has 0 radical (unpaired) electrons. The molecule has 1 unspecified atom stereocenters. The van der Waals surface area contributed by atoms with Gasteiger partial charge in [-0.15, -0.1) is 11.3 Å². The zero-order valence-electron chi connectivity index (χ0n) is 9.75. The number of aliphatic hydroxyl groups is 1. The lowest BCUT2D eigenvalue weighted by Gasteiger charge is -2.20. The summed E-state index contributed by atoms with van der Waals surface area (Å²) < 4.78 is 0. The summed E-state index contributed by atoms with van der Waals surface area (Å²) in [5.41, 5.74) is 1.62. The maximum absolute atomic E-state index is 9.31. The van der Waals surface area contributed by atoms with Gasteiger partial charge in [0.15, 0.2) is 0 Å². The zero-order valence-corrected chi connectivity index (χ0v) is 10.6. The zero-order chi connectivity index (χ0) is 11.2. The van der Waals surface area contributed by atoms with E-state index in [1.54, 1.807) is 10.4 Å². The van der Waals surface area contributed by atoms with Gasteiger partial charge in [0.1, 0.15) is 0 Å². The second-order valence-corrected chi connectivity index (χ2v) is 6.42. The highest BCUT2D eigenvalue weighted by atomic mass is 32.1. The summed E-state index contributed by atoms with van der Waals surface area (Å²) in [6.07, 6.45) is 6.13. The van der Waals surface area contributed by atoms with Crippen LogP contribution >= 0.6 is 11.3 Å². The van der Waals surface area contributed by atoms with E-state index in [0.29, 0.717) is 6.04 Å². The van der Waals surface area contributed by atoms with Gasteiger partial charge in [-0.05, 0) is 50.7 Å². The van der Waals surface area contributed by atoms with Crippen molar-refractivity contribution >= 4 is 11.3 Å². The first-order valence-corrected chi connectivity index (χ1v) is 7.04. The van der Waals surface area contributed by atoms with Gasteiger partial charge in [0, 0.05) is 21.3 Å². The molecule has 0 saturated heterocycles. The van der Waals surface area contributed by atoms with E-state index in [9.17, 15) is 5.11 Å². The van der Waals surface area contributed by atoms with Crippen LogP contribution in [0.25, 0.3) is 0 Å². The monoisotopic (exact) mass is 237 g/mol. The van der Waals surface area contributed by atoms with Crippen LogP contribution < -0.4 is 5.32 Å². The molecule has 0 spiro atoms. The summed E-state index contributed by atoms with van der Waals surface area (Å²) in [6.45, 7) is 2.50. The van der Waals surface area contributed by atoms with Crippen LogP contribution in [0, 0.1) is 0 Å². The van der Waals surface area contributed by atoms with Crippen LogP contribution in [0.1, 0.15) is 47.5 Å². The SMILES string of the molecule is CC(NC1(CO)CC1)c1cc2c(s1)CCC2. The quantitative estimate of drug-likeness (QED) is 0.843. The third-order valence-corrected chi connectivity index (χ3v) is 5.29. The van der Waals surface area contributed by atoms with Crippen molar-refractivity contribution < 1.29 is 5.11 Å². The Morgan fingerprint density at radius 2 is 2.31 bits per heavy atom. The number of hydrogen-bond donors (Lipinski definition) is 2. The maximum Gasteiger partial charge on any atom is 0.0613 e. The van der Waals surface area contributed by atoms with E-state index in [0.717, 1.165) is 12.8 Å². The van der Waals surface area contributed by atoms with E-state index >= 15 is 0 Å². The van der Waals surface area contributed by atoms with Crippen LogP contribution in [0.2, 0.25) is 0 Å². The van der Waals surface area contributed by atoms with E-state index in [1.165, 1.54) is 24.1 Å². The minimum Gasteiger partial charge on any atom is -0.394 e. The molecule has 3 rings (SSSR count). The molecular formula is C13H19NOS. The van der Waals surface area contributed by atoms with Crippen molar-refractivity contribution in [3.63, 3.8) is 0 Å². The van der Waals surface area contributed by atoms with E-state index in [1.807, 2.05) is 11.3 Å². The van der Waals surface area contributed by atoms with Gasteiger partial charge in [-0.3, -0.25) is 0 Å². The highest BCUT2D eigenvalue weighted by Gasteiger charge is 2.43. The Morgan fingerprint density at radius 1 is 1.50 bits per heavy atom. The summed E-state index contributed by atoms with van der Waals surface area (Å²) in [5, 5.41) is 12.9. The molecule has 1 fully saturated rings. The molecule has 3 heteroatoms. The normalized spacial score (nSPS) is 23.1. The Labute approximate surface area is 101 Å². The molecule has 1 heterocycles. The molecule has 16 heavy (non-hydrogen) atoms. The first kappa shape index (κ1) is 10.8. The van der Waals surface area contributed by atoms with Crippen LogP contribution in [0.4, 0.5) is 0 Å². The van der Waals surface area contributed by atoms with Crippen molar-refractivity contribution in [1.29, 1.82) is 0 Å². The van der Waals surface area contributed by atoms with Gasteiger partial charge in [0.25, 0.3) is 0 Å². The molecule has 1 aromatic heterocycles. The maximum atomic E-state index is 9.31. The van der Waals surface area contributed by atoms with Gasteiger partial charge in [0.2, 0.25) is 0 Å². The standard InChI is InChI=1S/C13H19NOS/c1-9(14-13(8-15)5-6-13)12-7-10-3-2-4-11(10)16-12/h7,9,14-15H,2-6,8H2,1H3. The number of aryl methyl sites for hydroxylation is 2. The highest BCUT2D eigenvalue weighted by molar-refractivity contribution is 7.12. The third kappa shape index (κ3) is 1.81. The Kier molecular flexibility index (Phi) is 2.57. The lowest BCUT2D eigenvalue weighted by Crippen LogP contribution is -2.36. The molecular weight excluding hydrogens is 218 g/mol. The van der Waals surface area contributed by atoms with Gasteiger partial charge in [-0.2, -0.15) is 0 Å². The predicted molar refractivity (Wildman–Crippen MR) is 66.9 cm³/mol. The van der Waals surface area contributed by atoms with Gasteiger partial charge < -0.3 is 10.4 Å². The molecule has 1 atom stereocenters. The minimum absolute atomic E-state index is 0.0495. The average molecular weight is 237 g/mol. The second kappa shape index (κ2) is 3.83. The van der Waals surface area contributed by atoms with Crippen molar-refractivity contribution in [1.82, 2.24) is 5.32 Å². The van der Waals surface area contributed by atoms with E-state index in [4.69, 9.17) is 0 Å². The Morgan fingerprint density at radius 3 is 2.94 bits per heavy atom. The molecule has 2 aliphatic rings. The van der Waals surface area contributed by atoms with Crippen LogP contribution in [0.15, 0.2) is 6.07 Å². The average Bonchev–Trinajstić information content (AvgIpc) is 2.72. The van der Waals surface area contributed by atoms with Crippen molar-refractivity contribution in [3.8, 4) is 0 Å². The van der Waals surface area contributed by atoms with Crippen LogP contribution in [-0.4, -0.2) is 17.3 Å². The highest BCUT2D eigenvalue weighted by Crippen LogP contribution is 2.39. The fraction of sp³-hybridized carbons (Fsp3) is 0.692. The van der Waals surface area contributed by atoms with Crippen molar-refractivity contribution in [2.75, 3.05) is 6.61 Å². The fourth-order valence-corrected chi connectivity index (χ4v) is 3.85. The molecule has 0 bridgehead atoms. The molecule has 0 aromatic carbocycles. The second-order valence-electron chi connectivity index (χ2n) is 5.26. The van der Waals surface area contributed by atoms with Crippen molar-refractivity contribution in [2.24, 2.45) is 0 Å². The van der Waals surface area contributed by atoms with Crippen LogP contribution in [0.3, 0.4) is 0 Å². The van der Waals surface area contributed by atoms with E-state index in [-0.39, 0.29) is 12.1 Å². The Balaban J connectivity index is 1.71. The summed E-state index contributed by atoms with van der Waals surface area (Å²) in [5.74, 6) is 0. The summed E-state index contributed by atoms with van der Waals surface area (Å²) in [7, 11) is 0. The molecule has 2 N–H and O–H groups in total. The first-order valence-electron chi connectivity index (χ1n) is 6.22. The van der Waals surface area contributed by atoms with Crippen molar-refractivity contribution in [3.05, 3.63) is 21.4 Å². The molecule has 88 valence electrons. The fourth-order valence-electron chi connectivity index (χ4n) is 2.59. The smallest absolute Gasteiger partial charge is 0.0613 e. The van der Waals surface area contributed by atoms with Crippen LogP contribution in [0.5, 0.6) is 0 Å². The van der Waals surface area contributed by atoms with Crippen LogP contribution in [-0.2, 0) is 12.8 Å². The lowest BCUT2D eigenvalue weighted by atomic mass is 10.1. The molecule has 1 aromatic rings. The lowest BCUT2D eigenvalue weighted by molar-refractivity contribution is 0.221. The number of hydrogen-bond acceptors (Lipinski definition) is 3. The number of fused-ring (bicyclic) bond motifs is 1. The van der Waals surface area contributed by atoms with Crippen molar-refractivity contribution in [2.45, 2.75) is 50.6 Å².